The molecule has 2 heterocycles. The second-order valence-corrected chi connectivity index (χ2v) is 6.19. The summed E-state index contributed by atoms with van der Waals surface area (Å²) in [7, 11) is 0. The molecule has 0 bridgehead atoms. The van der Waals surface area contributed by atoms with Gasteiger partial charge in [-0.05, 0) is 24.3 Å². The predicted octanol–water partition coefficient (Wildman–Crippen LogP) is -1.93. The maximum atomic E-state index is 2.32. The lowest BCUT2D eigenvalue weighted by atomic mass is 10.1. The molecule has 0 aliphatic heterocycles. The number of aryl methyl sites for hydroxylation is 2. The molecule has 0 unspecified atom stereocenters. The lowest BCUT2D eigenvalue weighted by Crippen LogP contribution is -3.00. The largest absolute Gasteiger partial charge is 1.00 e. The molecule has 0 saturated carbocycles. The Hall–Kier alpha value is -1.26. The fourth-order valence-corrected chi connectivity index (χ4v) is 3.02. The Morgan fingerprint density at radius 1 is 0.520 bits per heavy atom. The number of halogens is 2. The van der Waals surface area contributed by atoms with Crippen molar-refractivity contribution in [1.82, 2.24) is 0 Å². The molecule has 2 nitrogen and oxygen atoms in total. The molecular weight excluding hydrogens is 440 g/mol. The molecule has 0 N–H and O–H groups in total. The first-order chi connectivity index (χ1) is 11.4. The summed E-state index contributed by atoms with van der Waals surface area (Å²) in [5.74, 6) is 0. The summed E-state index contributed by atoms with van der Waals surface area (Å²) < 4.78 is 4.59. The molecule has 0 radical (unpaired) electrons. The summed E-state index contributed by atoms with van der Waals surface area (Å²) in [6.45, 7) is 2.26. The zero-order valence-corrected chi connectivity index (χ0v) is 17.7. The number of benzene rings is 1. The highest BCUT2D eigenvalue weighted by atomic mass is 79.9. The molecule has 3 rings (SSSR count). The molecule has 0 aliphatic rings. The average Bonchev–Trinajstić information content (AvgIpc) is 2.61. The minimum Gasteiger partial charge on any atom is -1.00 e. The van der Waals surface area contributed by atoms with Gasteiger partial charge in [-0.2, -0.15) is 0 Å². The van der Waals surface area contributed by atoms with E-state index in [1.807, 2.05) is 0 Å². The first kappa shape index (κ1) is 21.8. The Morgan fingerprint density at radius 3 is 1.84 bits per heavy atom. The number of fused-ring (bicyclic) bond motifs is 1. The molecule has 4 heteroatoms. The fraction of sp³-hybridized carbons (Fsp3) is 0.333. The molecular formula is C21H26Br2N2. The van der Waals surface area contributed by atoms with E-state index in [1.54, 1.807) is 0 Å². The van der Waals surface area contributed by atoms with Crippen LogP contribution in [0, 0.1) is 0 Å². The number of unbranched alkanes of at least 4 members (excludes halogenated alkanes) is 4. The smallest absolute Gasteiger partial charge is 0.176 e. The summed E-state index contributed by atoms with van der Waals surface area (Å²) in [5, 5.41) is 2.65. The van der Waals surface area contributed by atoms with Crippen LogP contribution in [0.25, 0.3) is 10.8 Å². The number of nitrogens with zero attached hydrogens (tertiary/aromatic N) is 2. The van der Waals surface area contributed by atoms with Gasteiger partial charge in [0.1, 0.15) is 13.1 Å². The second kappa shape index (κ2) is 12.2. The first-order valence-electron chi connectivity index (χ1n) is 8.74. The van der Waals surface area contributed by atoms with E-state index in [-0.39, 0.29) is 34.0 Å². The zero-order chi connectivity index (χ0) is 15.7. The van der Waals surface area contributed by atoms with Gasteiger partial charge in [0.25, 0.3) is 0 Å². The lowest BCUT2D eigenvalue weighted by molar-refractivity contribution is -0.697. The van der Waals surface area contributed by atoms with Gasteiger partial charge in [-0.1, -0.05) is 30.7 Å². The average molecular weight is 466 g/mol. The number of aromatic nitrogens is 2. The van der Waals surface area contributed by atoms with Crippen LogP contribution >= 0.6 is 0 Å². The van der Waals surface area contributed by atoms with Gasteiger partial charge in [0, 0.05) is 36.4 Å². The number of pyridine rings is 2. The summed E-state index contributed by atoms with van der Waals surface area (Å²) in [5.41, 5.74) is 0. The van der Waals surface area contributed by atoms with Crippen molar-refractivity contribution < 1.29 is 43.1 Å². The molecule has 0 spiro atoms. The molecule has 134 valence electrons. The van der Waals surface area contributed by atoms with Crippen molar-refractivity contribution in [3.63, 3.8) is 0 Å². The Balaban J connectivity index is 0.00000156. The highest BCUT2D eigenvalue weighted by molar-refractivity contribution is 5.80. The highest BCUT2D eigenvalue weighted by Gasteiger charge is 2.03. The van der Waals surface area contributed by atoms with Crippen molar-refractivity contribution in [3.8, 4) is 0 Å². The van der Waals surface area contributed by atoms with E-state index >= 15 is 0 Å². The van der Waals surface area contributed by atoms with E-state index in [2.05, 4.69) is 82.5 Å². The van der Waals surface area contributed by atoms with Gasteiger partial charge in [-0.25, -0.2) is 9.13 Å². The van der Waals surface area contributed by atoms with Gasteiger partial charge in [-0.3, -0.25) is 0 Å². The van der Waals surface area contributed by atoms with E-state index in [0.717, 1.165) is 13.1 Å². The van der Waals surface area contributed by atoms with E-state index in [0.29, 0.717) is 0 Å². The van der Waals surface area contributed by atoms with E-state index in [4.69, 9.17) is 0 Å². The summed E-state index contributed by atoms with van der Waals surface area (Å²) >= 11 is 0. The molecule has 2 aromatic heterocycles. The van der Waals surface area contributed by atoms with Gasteiger partial charge < -0.3 is 34.0 Å². The predicted molar refractivity (Wildman–Crippen MR) is 93.9 cm³/mol. The SMILES string of the molecule is [Br-].[Br-].c1cc[n+](CCCCCCC[n+]2ccc3ccccc3c2)cc1. The monoisotopic (exact) mass is 464 g/mol. The van der Waals surface area contributed by atoms with E-state index in [1.165, 1.54) is 42.9 Å². The van der Waals surface area contributed by atoms with Crippen molar-refractivity contribution >= 4 is 10.8 Å². The zero-order valence-electron chi connectivity index (χ0n) is 14.5. The van der Waals surface area contributed by atoms with Crippen molar-refractivity contribution in [1.29, 1.82) is 0 Å². The molecule has 0 amide bonds. The minimum absolute atomic E-state index is 0. The van der Waals surface area contributed by atoms with Crippen molar-refractivity contribution in [2.75, 3.05) is 0 Å². The number of rotatable bonds is 8. The van der Waals surface area contributed by atoms with Crippen LogP contribution in [0.15, 0.2) is 73.3 Å². The standard InChI is InChI=1S/C21H26N2.2BrH/c1(2-7-14-22-15-9-4-10-16-22)3-8-17-23-18-13-20-11-5-6-12-21(20)19-23;;/h4-6,9-13,15-16,18-19H,1-3,7-8,14,17H2;2*1H/q+2;;/p-2. The van der Waals surface area contributed by atoms with Gasteiger partial charge in [0.15, 0.2) is 24.8 Å². The van der Waals surface area contributed by atoms with E-state index < -0.39 is 0 Å². The second-order valence-electron chi connectivity index (χ2n) is 6.19. The van der Waals surface area contributed by atoms with Crippen LogP contribution in [-0.2, 0) is 13.1 Å². The quantitative estimate of drug-likeness (QED) is 0.270. The molecule has 0 aliphatic carbocycles. The molecule has 25 heavy (non-hydrogen) atoms. The van der Waals surface area contributed by atoms with Crippen LogP contribution in [0.1, 0.15) is 32.1 Å². The Morgan fingerprint density at radius 2 is 1.12 bits per heavy atom. The van der Waals surface area contributed by atoms with Crippen molar-refractivity contribution in [2.45, 2.75) is 45.2 Å². The Bertz CT molecular complexity index is 732. The molecule has 0 fully saturated rings. The third-order valence-electron chi connectivity index (χ3n) is 4.36. The molecule has 0 saturated heterocycles. The lowest BCUT2D eigenvalue weighted by Gasteiger charge is -2.01. The van der Waals surface area contributed by atoms with Gasteiger partial charge in [0.05, 0.1) is 0 Å². The van der Waals surface area contributed by atoms with E-state index in [9.17, 15) is 0 Å². The fourth-order valence-electron chi connectivity index (χ4n) is 3.02. The molecule has 0 atom stereocenters. The summed E-state index contributed by atoms with van der Waals surface area (Å²) in [6, 6.07) is 17.0. The van der Waals surface area contributed by atoms with Crippen LogP contribution in [0.4, 0.5) is 0 Å². The Labute approximate surface area is 172 Å². The highest BCUT2D eigenvalue weighted by Crippen LogP contribution is 2.10. The maximum Gasteiger partial charge on any atom is 0.176 e. The Kier molecular flexibility index (Phi) is 10.6. The summed E-state index contributed by atoms with van der Waals surface area (Å²) in [6.07, 6.45) is 15.3. The minimum atomic E-state index is 0. The molecule has 3 aromatic rings. The van der Waals surface area contributed by atoms with Crippen LogP contribution in [0.3, 0.4) is 0 Å². The van der Waals surface area contributed by atoms with Crippen LogP contribution in [0.2, 0.25) is 0 Å². The molecule has 1 aromatic carbocycles. The third-order valence-corrected chi connectivity index (χ3v) is 4.36. The van der Waals surface area contributed by atoms with Gasteiger partial charge >= 0.3 is 0 Å². The van der Waals surface area contributed by atoms with Gasteiger partial charge in [0.2, 0.25) is 0 Å². The van der Waals surface area contributed by atoms with Crippen LogP contribution < -0.4 is 43.1 Å². The van der Waals surface area contributed by atoms with Crippen LogP contribution in [-0.4, -0.2) is 0 Å². The van der Waals surface area contributed by atoms with Crippen LogP contribution in [0.5, 0.6) is 0 Å². The summed E-state index contributed by atoms with van der Waals surface area (Å²) in [4.78, 5) is 0. The van der Waals surface area contributed by atoms with Crippen molar-refractivity contribution in [3.05, 3.63) is 73.3 Å². The number of hydrogen-bond donors (Lipinski definition) is 0. The first-order valence-corrected chi connectivity index (χ1v) is 8.74. The maximum absolute atomic E-state index is 2.32. The van der Waals surface area contributed by atoms with Gasteiger partial charge in [-0.15, -0.1) is 0 Å². The normalized spacial score (nSPS) is 10.1. The topological polar surface area (TPSA) is 7.76 Å². The van der Waals surface area contributed by atoms with Crippen molar-refractivity contribution in [2.24, 2.45) is 0 Å². The third kappa shape index (κ3) is 7.25. The number of hydrogen-bond acceptors (Lipinski definition) is 0.